The summed E-state index contributed by atoms with van der Waals surface area (Å²) in [5, 5.41) is 6.07. The number of carbonyl (C=O) groups is 1. The Morgan fingerprint density at radius 2 is 1.86 bits per heavy atom. The summed E-state index contributed by atoms with van der Waals surface area (Å²) in [6, 6.07) is 15.5. The van der Waals surface area contributed by atoms with Gasteiger partial charge in [0, 0.05) is 26.2 Å². The van der Waals surface area contributed by atoms with E-state index in [4.69, 9.17) is 4.99 Å². The summed E-state index contributed by atoms with van der Waals surface area (Å²) >= 11 is 0. The SMILES string of the molecule is C/C=C\C(=C/CC/C(=C\NC)c1ccc(CC(=O)NC2=NC(CN(C)C)=C(C3(C)CC3)CC2)c(F)c1)c1ccccc1. The third kappa shape index (κ3) is 8.39. The molecule has 1 amide bonds. The van der Waals surface area contributed by atoms with Gasteiger partial charge in [-0.3, -0.25) is 4.79 Å². The van der Waals surface area contributed by atoms with Crippen molar-refractivity contribution >= 4 is 22.9 Å². The van der Waals surface area contributed by atoms with E-state index in [-0.39, 0.29) is 23.6 Å². The number of nitrogens with zero attached hydrogens (tertiary/aromatic N) is 2. The fourth-order valence-corrected chi connectivity index (χ4v) is 5.55. The molecular weight excluding hydrogens is 523 g/mol. The molecule has 0 spiro atoms. The lowest BCUT2D eigenvalue weighted by Crippen LogP contribution is -2.34. The van der Waals surface area contributed by atoms with Crippen LogP contribution in [0.25, 0.3) is 11.1 Å². The summed E-state index contributed by atoms with van der Waals surface area (Å²) in [6.07, 6.45) is 13.9. The highest BCUT2D eigenvalue weighted by Crippen LogP contribution is 2.54. The summed E-state index contributed by atoms with van der Waals surface area (Å²) in [4.78, 5) is 19.9. The fourth-order valence-electron chi connectivity index (χ4n) is 5.55. The number of amides is 1. The minimum Gasteiger partial charge on any atom is -0.394 e. The molecule has 0 radical (unpaired) electrons. The van der Waals surface area contributed by atoms with E-state index in [0.717, 1.165) is 42.6 Å². The molecule has 1 fully saturated rings. The monoisotopic (exact) mass is 568 g/mol. The lowest BCUT2D eigenvalue weighted by atomic mass is 9.89. The van der Waals surface area contributed by atoms with Gasteiger partial charge in [-0.1, -0.05) is 67.6 Å². The second kappa shape index (κ2) is 14.4. The molecule has 6 heteroatoms. The van der Waals surface area contributed by atoms with E-state index in [0.29, 0.717) is 17.8 Å². The van der Waals surface area contributed by atoms with Crippen LogP contribution < -0.4 is 10.6 Å². The zero-order chi connectivity index (χ0) is 30.1. The van der Waals surface area contributed by atoms with E-state index in [1.165, 1.54) is 35.6 Å². The van der Waals surface area contributed by atoms with E-state index < -0.39 is 0 Å². The average Bonchev–Trinajstić information content (AvgIpc) is 3.71. The van der Waals surface area contributed by atoms with Crippen LogP contribution in [-0.4, -0.2) is 44.3 Å². The lowest BCUT2D eigenvalue weighted by Gasteiger charge is -2.25. The predicted octanol–water partition coefficient (Wildman–Crippen LogP) is 7.29. The second-order valence-corrected chi connectivity index (χ2v) is 11.8. The van der Waals surface area contributed by atoms with Gasteiger partial charge in [0.2, 0.25) is 5.91 Å². The van der Waals surface area contributed by atoms with Crippen molar-refractivity contribution in [1.29, 1.82) is 0 Å². The Morgan fingerprint density at radius 1 is 1.10 bits per heavy atom. The molecule has 2 aromatic carbocycles. The van der Waals surface area contributed by atoms with Gasteiger partial charge in [0.25, 0.3) is 0 Å². The van der Waals surface area contributed by atoms with Crippen molar-refractivity contribution in [3.8, 4) is 0 Å². The Kier molecular flexibility index (Phi) is 10.7. The Balaban J connectivity index is 1.41. The molecule has 5 nitrogen and oxygen atoms in total. The zero-order valence-electron chi connectivity index (χ0n) is 25.8. The van der Waals surface area contributed by atoms with E-state index in [1.807, 2.05) is 64.6 Å². The van der Waals surface area contributed by atoms with Crippen molar-refractivity contribution in [2.24, 2.45) is 10.4 Å². The lowest BCUT2D eigenvalue weighted by molar-refractivity contribution is -0.119. The normalized spacial score (nSPS) is 17.1. The number of aliphatic imine (C=N–C) groups is 1. The van der Waals surface area contributed by atoms with Crippen LogP contribution in [0.5, 0.6) is 0 Å². The molecule has 0 bridgehead atoms. The van der Waals surface area contributed by atoms with E-state index in [1.54, 1.807) is 6.07 Å². The smallest absolute Gasteiger partial charge is 0.229 e. The van der Waals surface area contributed by atoms with Crippen LogP contribution in [0.15, 0.2) is 89.2 Å². The summed E-state index contributed by atoms with van der Waals surface area (Å²) in [5.74, 6) is 0.0722. The van der Waals surface area contributed by atoms with Crippen LogP contribution in [0.2, 0.25) is 0 Å². The molecule has 2 aliphatic rings. The fraction of sp³-hybridized carbons (Fsp3) is 0.389. The Labute approximate surface area is 251 Å². The molecule has 2 aromatic rings. The number of rotatable bonds is 12. The molecule has 4 rings (SSSR count). The van der Waals surface area contributed by atoms with Crippen molar-refractivity contribution in [3.63, 3.8) is 0 Å². The van der Waals surface area contributed by atoms with Gasteiger partial charge in [0.15, 0.2) is 0 Å². The number of hydrogen-bond donors (Lipinski definition) is 2. The topological polar surface area (TPSA) is 56.7 Å². The third-order valence-electron chi connectivity index (χ3n) is 8.03. The first-order chi connectivity index (χ1) is 20.2. The van der Waals surface area contributed by atoms with Gasteiger partial charge in [-0.05, 0) is 98.0 Å². The molecule has 222 valence electrons. The third-order valence-corrected chi connectivity index (χ3v) is 8.03. The maximum atomic E-state index is 15.3. The number of nitrogens with one attached hydrogen (secondary N) is 2. The zero-order valence-corrected chi connectivity index (χ0v) is 25.8. The van der Waals surface area contributed by atoms with Crippen LogP contribution in [0, 0.1) is 11.2 Å². The number of amidine groups is 1. The molecule has 0 unspecified atom stereocenters. The van der Waals surface area contributed by atoms with E-state index in [2.05, 4.69) is 46.7 Å². The highest BCUT2D eigenvalue weighted by Gasteiger charge is 2.43. The molecule has 2 N–H and O–H groups in total. The highest BCUT2D eigenvalue weighted by atomic mass is 19.1. The predicted molar refractivity (Wildman–Crippen MR) is 173 cm³/mol. The van der Waals surface area contributed by atoms with Crippen LogP contribution in [-0.2, 0) is 11.2 Å². The molecule has 0 atom stereocenters. The van der Waals surface area contributed by atoms with Crippen LogP contribution in [0.1, 0.15) is 69.1 Å². The molecule has 0 aromatic heterocycles. The Hall–Kier alpha value is -3.77. The first-order valence-electron chi connectivity index (χ1n) is 15.0. The van der Waals surface area contributed by atoms with Crippen molar-refractivity contribution in [3.05, 3.63) is 107 Å². The Morgan fingerprint density at radius 3 is 2.50 bits per heavy atom. The van der Waals surface area contributed by atoms with Gasteiger partial charge in [-0.15, -0.1) is 0 Å². The standard InChI is InChI=1S/C36H45FN4O/c1-6-11-26(27-12-8-7-9-13-27)14-10-15-30(24-38-3)28-16-17-29(32(37)22-28)23-35(42)40-34-19-18-31(36(2)20-21-36)33(39-34)25-41(4)5/h6-9,11-14,16-17,22,24,38H,10,15,18-21,23,25H2,1-5H3,(H,39,40,42)/b11-6-,26-14+,30-24+. The summed E-state index contributed by atoms with van der Waals surface area (Å²) in [5.41, 5.74) is 7.29. The van der Waals surface area contributed by atoms with Crippen molar-refractivity contribution in [1.82, 2.24) is 15.5 Å². The number of hydrogen-bond acceptors (Lipinski definition) is 4. The number of halogens is 1. The maximum Gasteiger partial charge on any atom is 0.229 e. The van der Waals surface area contributed by atoms with E-state index in [9.17, 15) is 4.79 Å². The van der Waals surface area contributed by atoms with Gasteiger partial charge in [-0.2, -0.15) is 0 Å². The van der Waals surface area contributed by atoms with Gasteiger partial charge >= 0.3 is 0 Å². The summed E-state index contributed by atoms with van der Waals surface area (Å²) in [6.45, 7) is 5.08. The summed E-state index contributed by atoms with van der Waals surface area (Å²) < 4.78 is 15.3. The molecule has 42 heavy (non-hydrogen) atoms. The van der Waals surface area contributed by atoms with Crippen LogP contribution >= 0.6 is 0 Å². The van der Waals surface area contributed by atoms with Crippen molar-refractivity contribution in [2.75, 3.05) is 27.7 Å². The highest BCUT2D eigenvalue weighted by molar-refractivity contribution is 6.00. The molecule has 1 saturated carbocycles. The van der Waals surface area contributed by atoms with Crippen LogP contribution in [0.4, 0.5) is 4.39 Å². The minimum absolute atomic E-state index is 0.0277. The van der Waals surface area contributed by atoms with Crippen molar-refractivity contribution in [2.45, 2.75) is 58.8 Å². The van der Waals surface area contributed by atoms with Crippen LogP contribution in [0.3, 0.4) is 0 Å². The first-order valence-corrected chi connectivity index (χ1v) is 15.0. The van der Waals surface area contributed by atoms with Gasteiger partial charge < -0.3 is 15.5 Å². The number of carbonyl (C=O) groups excluding carboxylic acids is 1. The van der Waals surface area contributed by atoms with Gasteiger partial charge in [0.1, 0.15) is 11.7 Å². The Bertz CT molecular complexity index is 1410. The minimum atomic E-state index is -0.373. The number of likely N-dealkylation sites (N-methyl/N-ethyl adjacent to an activating group) is 1. The van der Waals surface area contributed by atoms with Gasteiger partial charge in [-0.25, -0.2) is 9.38 Å². The van der Waals surface area contributed by atoms with E-state index >= 15 is 4.39 Å². The van der Waals surface area contributed by atoms with Crippen molar-refractivity contribution < 1.29 is 9.18 Å². The second-order valence-electron chi connectivity index (χ2n) is 11.8. The maximum absolute atomic E-state index is 15.3. The van der Waals surface area contributed by atoms with Gasteiger partial charge in [0.05, 0.1) is 12.1 Å². The molecule has 1 heterocycles. The average molecular weight is 569 g/mol. The molecular formula is C36H45FN4O. The summed E-state index contributed by atoms with van der Waals surface area (Å²) in [7, 11) is 5.92. The number of allylic oxidation sites excluding steroid dienone is 6. The molecule has 1 aliphatic carbocycles. The molecule has 0 saturated heterocycles. The first kappa shape index (κ1) is 31.2. The molecule has 1 aliphatic heterocycles. The number of benzene rings is 2. The quantitative estimate of drug-likeness (QED) is 0.264. The largest absolute Gasteiger partial charge is 0.394 e.